The van der Waals surface area contributed by atoms with E-state index >= 15 is 0 Å². The van der Waals surface area contributed by atoms with Gasteiger partial charge in [-0.1, -0.05) is 24.3 Å². The Labute approximate surface area is 178 Å². The number of rotatable bonds is 5. The Morgan fingerprint density at radius 2 is 1.94 bits per heavy atom. The molecule has 0 spiro atoms. The highest BCUT2D eigenvalue weighted by atomic mass is 16.5. The summed E-state index contributed by atoms with van der Waals surface area (Å²) in [6.45, 7) is 2.00. The van der Waals surface area contributed by atoms with E-state index in [2.05, 4.69) is 10.3 Å². The van der Waals surface area contributed by atoms with Gasteiger partial charge in [0, 0.05) is 5.70 Å². The molecule has 4 aromatic rings. The Morgan fingerprint density at radius 1 is 1.13 bits per heavy atom. The van der Waals surface area contributed by atoms with Crippen LogP contribution in [0.2, 0.25) is 0 Å². The molecule has 3 heterocycles. The number of ether oxygens (including phenoxy) is 2. The Balaban J connectivity index is 1.50. The highest BCUT2D eigenvalue weighted by Crippen LogP contribution is 2.39. The van der Waals surface area contributed by atoms with Gasteiger partial charge in [0.1, 0.15) is 24.2 Å². The summed E-state index contributed by atoms with van der Waals surface area (Å²) >= 11 is 0. The molecule has 0 saturated carbocycles. The summed E-state index contributed by atoms with van der Waals surface area (Å²) in [5.41, 5.74) is 3.78. The van der Waals surface area contributed by atoms with Gasteiger partial charge in [0.2, 0.25) is 5.95 Å². The second-order valence-corrected chi connectivity index (χ2v) is 7.30. The predicted octanol–water partition coefficient (Wildman–Crippen LogP) is 4.67. The van der Waals surface area contributed by atoms with Crippen LogP contribution in [0.3, 0.4) is 0 Å². The lowest BCUT2D eigenvalue weighted by molar-refractivity contribution is -0.140. The molecule has 0 bridgehead atoms. The summed E-state index contributed by atoms with van der Waals surface area (Å²) in [6.07, 6.45) is 1.60. The van der Waals surface area contributed by atoms with Crippen molar-refractivity contribution < 1.29 is 18.7 Å². The van der Waals surface area contributed by atoms with Crippen molar-refractivity contribution in [3.63, 3.8) is 0 Å². The van der Waals surface area contributed by atoms with Crippen molar-refractivity contribution in [2.45, 2.75) is 19.6 Å². The smallest absolute Gasteiger partial charge is 0.338 e. The van der Waals surface area contributed by atoms with Gasteiger partial charge in [0.25, 0.3) is 0 Å². The number of benzene rings is 2. The van der Waals surface area contributed by atoms with Crippen LogP contribution in [-0.2, 0) is 16.1 Å². The van der Waals surface area contributed by atoms with Gasteiger partial charge in [0.05, 0.1) is 30.0 Å². The van der Waals surface area contributed by atoms with Crippen LogP contribution in [0.1, 0.15) is 24.3 Å². The molecule has 0 amide bonds. The van der Waals surface area contributed by atoms with Gasteiger partial charge in [-0.05, 0) is 48.9 Å². The molecule has 1 aliphatic rings. The van der Waals surface area contributed by atoms with E-state index in [-0.39, 0.29) is 6.61 Å². The molecule has 5 rings (SSSR count). The third kappa shape index (κ3) is 3.34. The minimum absolute atomic E-state index is 0.155. The lowest BCUT2D eigenvalue weighted by atomic mass is 10.00. The maximum Gasteiger partial charge on any atom is 0.338 e. The summed E-state index contributed by atoms with van der Waals surface area (Å²) in [6, 6.07) is 18.4. The van der Waals surface area contributed by atoms with Gasteiger partial charge in [-0.25, -0.2) is 9.78 Å². The SMILES string of the molecule is COc1ccc(COC(=O)C2=C(C)Nc3nc4ccccc4n3[C@@H]2c2ccco2)cc1. The standard InChI is InChI=1S/C24H21N3O4/c1-15-21(23(28)31-14-16-9-11-17(29-2)12-10-16)22(20-8-5-13-30-20)27-19-7-4-3-6-18(19)26-24(27)25-15/h3-13,22H,14H2,1-2H3,(H,25,26)/t22-/m1/s1. The van der Waals surface area contributed by atoms with E-state index in [0.29, 0.717) is 23.0 Å². The van der Waals surface area contributed by atoms with Crippen molar-refractivity contribution in [1.29, 1.82) is 0 Å². The third-order valence-corrected chi connectivity index (χ3v) is 5.39. The molecular weight excluding hydrogens is 394 g/mol. The number of fused-ring (bicyclic) bond motifs is 3. The van der Waals surface area contributed by atoms with Gasteiger partial charge in [-0.2, -0.15) is 0 Å². The number of hydrogen-bond acceptors (Lipinski definition) is 6. The van der Waals surface area contributed by atoms with Crippen LogP contribution in [0.5, 0.6) is 5.75 Å². The molecule has 2 aromatic carbocycles. The van der Waals surface area contributed by atoms with Crippen LogP contribution in [0.25, 0.3) is 11.0 Å². The monoisotopic (exact) mass is 415 g/mol. The fourth-order valence-electron chi connectivity index (χ4n) is 3.89. The molecular formula is C24H21N3O4. The van der Waals surface area contributed by atoms with Crippen LogP contribution in [-0.4, -0.2) is 22.6 Å². The quantitative estimate of drug-likeness (QED) is 0.477. The van der Waals surface area contributed by atoms with Crippen LogP contribution < -0.4 is 10.1 Å². The zero-order valence-electron chi connectivity index (χ0n) is 17.2. The van der Waals surface area contributed by atoms with Crippen molar-refractivity contribution in [3.8, 4) is 5.75 Å². The highest BCUT2D eigenvalue weighted by molar-refractivity contribution is 5.93. The van der Waals surface area contributed by atoms with Crippen molar-refractivity contribution in [2.75, 3.05) is 12.4 Å². The summed E-state index contributed by atoms with van der Waals surface area (Å²) in [5.74, 6) is 1.64. The number of nitrogens with one attached hydrogen (secondary N) is 1. The zero-order chi connectivity index (χ0) is 21.4. The minimum atomic E-state index is -0.484. The van der Waals surface area contributed by atoms with Gasteiger partial charge in [-0.15, -0.1) is 0 Å². The number of esters is 1. The van der Waals surface area contributed by atoms with Crippen molar-refractivity contribution in [1.82, 2.24) is 9.55 Å². The van der Waals surface area contributed by atoms with Crippen LogP contribution >= 0.6 is 0 Å². The van der Waals surface area contributed by atoms with E-state index in [4.69, 9.17) is 13.9 Å². The van der Waals surface area contributed by atoms with E-state index in [1.165, 1.54) is 0 Å². The van der Waals surface area contributed by atoms with Gasteiger partial charge >= 0.3 is 5.97 Å². The van der Waals surface area contributed by atoms with Crippen molar-refractivity contribution >= 4 is 23.0 Å². The molecule has 0 fully saturated rings. The maximum absolute atomic E-state index is 13.3. The first-order valence-corrected chi connectivity index (χ1v) is 9.94. The number of imidazole rings is 1. The number of furan rings is 1. The first-order chi connectivity index (χ1) is 15.2. The molecule has 0 aliphatic carbocycles. The van der Waals surface area contributed by atoms with E-state index in [0.717, 1.165) is 22.3 Å². The van der Waals surface area contributed by atoms with E-state index in [1.54, 1.807) is 13.4 Å². The number of aromatic nitrogens is 2. The number of para-hydroxylation sites is 2. The van der Waals surface area contributed by atoms with Gasteiger partial charge in [-0.3, -0.25) is 4.57 Å². The number of nitrogens with zero attached hydrogens (tertiary/aromatic N) is 2. The Morgan fingerprint density at radius 3 is 2.68 bits per heavy atom. The van der Waals surface area contributed by atoms with Gasteiger partial charge < -0.3 is 19.2 Å². The van der Waals surface area contributed by atoms with Gasteiger partial charge in [0.15, 0.2) is 0 Å². The number of carbonyl (C=O) groups is 1. The highest BCUT2D eigenvalue weighted by Gasteiger charge is 2.36. The number of anilines is 1. The van der Waals surface area contributed by atoms with Crippen molar-refractivity contribution in [2.24, 2.45) is 0 Å². The molecule has 1 atom stereocenters. The predicted molar refractivity (Wildman–Crippen MR) is 116 cm³/mol. The zero-order valence-corrected chi connectivity index (χ0v) is 17.2. The van der Waals surface area contributed by atoms with Crippen LogP contribution in [0, 0.1) is 0 Å². The summed E-state index contributed by atoms with van der Waals surface area (Å²) in [7, 11) is 1.61. The first kappa shape index (κ1) is 19.0. The van der Waals surface area contributed by atoms with Crippen molar-refractivity contribution in [3.05, 3.63) is 89.5 Å². The molecule has 156 valence electrons. The Kier molecular flexibility index (Phi) is 4.71. The number of hydrogen-bond donors (Lipinski definition) is 1. The molecule has 7 nitrogen and oxygen atoms in total. The molecule has 0 saturated heterocycles. The molecule has 1 N–H and O–H groups in total. The number of methoxy groups -OCH3 is 1. The lowest BCUT2D eigenvalue weighted by Gasteiger charge is -2.28. The lowest BCUT2D eigenvalue weighted by Crippen LogP contribution is -2.28. The van der Waals surface area contributed by atoms with Crippen LogP contribution in [0.15, 0.2) is 82.6 Å². The molecule has 2 aromatic heterocycles. The number of allylic oxidation sites excluding steroid dienone is 1. The van der Waals surface area contributed by atoms with E-state index in [9.17, 15) is 4.79 Å². The summed E-state index contributed by atoms with van der Waals surface area (Å²) < 4.78 is 18.6. The average molecular weight is 415 g/mol. The summed E-state index contributed by atoms with van der Waals surface area (Å²) in [5, 5.41) is 3.26. The minimum Gasteiger partial charge on any atom is -0.497 e. The normalized spacial score (nSPS) is 15.5. The fourth-order valence-corrected chi connectivity index (χ4v) is 3.89. The maximum atomic E-state index is 13.3. The molecule has 7 heteroatoms. The molecule has 0 radical (unpaired) electrons. The average Bonchev–Trinajstić information content (AvgIpc) is 3.44. The largest absolute Gasteiger partial charge is 0.497 e. The summed E-state index contributed by atoms with van der Waals surface area (Å²) in [4.78, 5) is 17.9. The second-order valence-electron chi connectivity index (χ2n) is 7.30. The Hall–Kier alpha value is -4.00. The second kappa shape index (κ2) is 7.68. The Bertz CT molecular complexity index is 1270. The first-order valence-electron chi connectivity index (χ1n) is 9.94. The third-order valence-electron chi connectivity index (χ3n) is 5.39. The van der Waals surface area contributed by atoms with E-state index < -0.39 is 12.0 Å². The molecule has 0 unspecified atom stereocenters. The van der Waals surface area contributed by atoms with Crippen LogP contribution in [0.4, 0.5) is 5.95 Å². The molecule has 1 aliphatic heterocycles. The van der Waals surface area contributed by atoms with E-state index in [1.807, 2.05) is 72.2 Å². The topological polar surface area (TPSA) is 78.5 Å². The number of carbonyl (C=O) groups excluding carboxylic acids is 1. The fraction of sp³-hybridized carbons (Fsp3) is 0.167. The molecule has 31 heavy (non-hydrogen) atoms.